The fourth-order valence-corrected chi connectivity index (χ4v) is 3.69. The van der Waals surface area contributed by atoms with Crippen LogP contribution in [0, 0.1) is 18.7 Å². The van der Waals surface area contributed by atoms with E-state index in [1.54, 1.807) is 6.07 Å². The highest BCUT2D eigenvalue weighted by molar-refractivity contribution is 5.28. The van der Waals surface area contributed by atoms with Crippen molar-refractivity contribution in [2.75, 3.05) is 26.3 Å². The molecule has 2 aliphatic rings. The van der Waals surface area contributed by atoms with Crippen LogP contribution in [0.2, 0.25) is 0 Å². The Kier molecular flexibility index (Phi) is 4.08. The van der Waals surface area contributed by atoms with Crippen molar-refractivity contribution in [1.82, 2.24) is 4.90 Å². The molecule has 0 N–H and O–H groups in total. The van der Waals surface area contributed by atoms with Gasteiger partial charge >= 0.3 is 0 Å². The van der Waals surface area contributed by atoms with Crippen molar-refractivity contribution in [1.29, 1.82) is 0 Å². The zero-order valence-electron chi connectivity index (χ0n) is 12.4. The van der Waals surface area contributed by atoms with E-state index in [9.17, 15) is 4.39 Å². The first kappa shape index (κ1) is 14.0. The molecule has 0 saturated carbocycles. The van der Waals surface area contributed by atoms with E-state index < -0.39 is 0 Å². The molecule has 0 spiro atoms. The Morgan fingerprint density at radius 3 is 2.65 bits per heavy atom. The van der Waals surface area contributed by atoms with Crippen molar-refractivity contribution in [3.8, 4) is 0 Å². The third-order valence-electron chi connectivity index (χ3n) is 4.90. The third-order valence-corrected chi connectivity index (χ3v) is 4.90. The maximum absolute atomic E-state index is 14.2. The Labute approximate surface area is 120 Å². The molecule has 2 nitrogen and oxygen atoms in total. The first-order valence-corrected chi connectivity index (χ1v) is 7.73. The summed E-state index contributed by atoms with van der Waals surface area (Å²) in [5.74, 6) is 0.823. The molecule has 1 unspecified atom stereocenters. The van der Waals surface area contributed by atoms with Crippen LogP contribution in [0.3, 0.4) is 0 Å². The van der Waals surface area contributed by atoms with Crippen LogP contribution in [0.25, 0.3) is 0 Å². The summed E-state index contributed by atoms with van der Waals surface area (Å²) in [7, 11) is 0. The van der Waals surface area contributed by atoms with Crippen LogP contribution in [0.15, 0.2) is 18.2 Å². The van der Waals surface area contributed by atoms with Gasteiger partial charge in [-0.1, -0.05) is 19.1 Å². The Morgan fingerprint density at radius 1 is 1.20 bits per heavy atom. The number of hydrogen-bond acceptors (Lipinski definition) is 2. The van der Waals surface area contributed by atoms with Crippen molar-refractivity contribution in [3.63, 3.8) is 0 Å². The largest absolute Gasteiger partial charge is 0.381 e. The molecular formula is C17H24FNO. The van der Waals surface area contributed by atoms with Crippen molar-refractivity contribution in [2.24, 2.45) is 5.92 Å². The second kappa shape index (κ2) is 5.82. The molecule has 0 amide bonds. The lowest BCUT2D eigenvalue weighted by atomic mass is 9.89. The summed E-state index contributed by atoms with van der Waals surface area (Å²) in [6, 6.07) is 6.31. The molecule has 0 bridgehead atoms. The van der Waals surface area contributed by atoms with Gasteiger partial charge < -0.3 is 4.74 Å². The number of nitrogens with zero attached hydrogens (tertiary/aromatic N) is 1. The van der Waals surface area contributed by atoms with Crippen molar-refractivity contribution in [3.05, 3.63) is 35.1 Å². The van der Waals surface area contributed by atoms with Gasteiger partial charge in [0.25, 0.3) is 0 Å². The Balaban J connectivity index is 1.74. The van der Waals surface area contributed by atoms with Gasteiger partial charge in [0.2, 0.25) is 0 Å². The van der Waals surface area contributed by atoms with Crippen molar-refractivity contribution < 1.29 is 9.13 Å². The number of aryl methyl sites for hydroxylation is 1. The van der Waals surface area contributed by atoms with Crippen LogP contribution in [0.5, 0.6) is 0 Å². The lowest BCUT2D eigenvalue weighted by molar-refractivity contribution is 0.0410. The van der Waals surface area contributed by atoms with Gasteiger partial charge in [-0.05, 0) is 42.9 Å². The van der Waals surface area contributed by atoms with Gasteiger partial charge in [0.1, 0.15) is 5.82 Å². The molecule has 1 aromatic rings. The highest BCUT2D eigenvalue weighted by atomic mass is 19.1. The summed E-state index contributed by atoms with van der Waals surface area (Å²) >= 11 is 0. The topological polar surface area (TPSA) is 12.5 Å². The number of benzene rings is 1. The van der Waals surface area contributed by atoms with Gasteiger partial charge in [0, 0.05) is 38.3 Å². The zero-order chi connectivity index (χ0) is 14.1. The number of rotatable bonds is 2. The van der Waals surface area contributed by atoms with E-state index in [4.69, 9.17) is 4.74 Å². The lowest BCUT2D eigenvalue weighted by Gasteiger charge is -2.31. The van der Waals surface area contributed by atoms with Crippen LogP contribution in [-0.2, 0) is 4.74 Å². The molecule has 0 aromatic heterocycles. The fourth-order valence-electron chi connectivity index (χ4n) is 3.69. The van der Waals surface area contributed by atoms with E-state index in [1.807, 2.05) is 19.1 Å². The molecule has 2 heterocycles. The molecule has 3 rings (SSSR count). The second-order valence-electron chi connectivity index (χ2n) is 6.41. The monoisotopic (exact) mass is 277 g/mol. The Hall–Kier alpha value is -0.930. The summed E-state index contributed by atoms with van der Waals surface area (Å²) in [4.78, 5) is 2.55. The molecule has 2 atom stereocenters. The van der Waals surface area contributed by atoms with Crippen LogP contribution >= 0.6 is 0 Å². The molecule has 2 fully saturated rings. The third kappa shape index (κ3) is 2.75. The predicted molar refractivity (Wildman–Crippen MR) is 78.5 cm³/mol. The minimum atomic E-state index is -0.0318. The molecule has 20 heavy (non-hydrogen) atoms. The first-order chi connectivity index (χ1) is 9.65. The smallest absolute Gasteiger partial charge is 0.127 e. The van der Waals surface area contributed by atoms with E-state index >= 15 is 0 Å². The molecule has 0 radical (unpaired) electrons. The highest BCUT2D eigenvalue weighted by Gasteiger charge is 2.36. The lowest BCUT2D eigenvalue weighted by Crippen LogP contribution is -2.38. The van der Waals surface area contributed by atoms with Gasteiger partial charge in [-0.3, -0.25) is 4.90 Å². The SMILES string of the molecule is Cc1ccc([C@@H]2CN(C3CCOCC3)CC2C)c(F)c1. The standard InChI is InChI=1S/C17H24FNO/c1-12-3-4-15(17(18)9-12)16-11-19(10-13(16)2)14-5-7-20-8-6-14/h3-4,9,13-14,16H,5-8,10-11H2,1-2H3/t13?,16-/m1/s1. The van der Waals surface area contributed by atoms with Gasteiger partial charge in [-0.2, -0.15) is 0 Å². The quantitative estimate of drug-likeness (QED) is 0.822. The summed E-state index contributed by atoms with van der Waals surface area (Å²) in [5.41, 5.74) is 1.90. The summed E-state index contributed by atoms with van der Waals surface area (Å²) in [6.07, 6.45) is 2.24. The minimum Gasteiger partial charge on any atom is -0.381 e. The van der Waals surface area contributed by atoms with Crippen LogP contribution < -0.4 is 0 Å². The number of hydrogen-bond donors (Lipinski definition) is 0. The predicted octanol–water partition coefficient (Wildman–Crippen LogP) is 3.35. The zero-order valence-corrected chi connectivity index (χ0v) is 12.4. The maximum atomic E-state index is 14.2. The van der Waals surface area contributed by atoms with Crippen LogP contribution in [0.4, 0.5) is 4.39 Å². The molecule has 110 valence electrons. The normalized spacial score (nSPS) is 28.9. The van der Waals surface area contributed by atoms with E-state index in [1.165, 1.54) is 0 Å². The average Bonchev–Trinajstić information content (AvgIpc) is 2.82. The first-order valence-electron chi connectivity index (χ1n) is 7.73. The maximum Gasteiger partial charge on any atom is 0.127 e. The van der Waals surface area contributed by atoms with E-state index in [2.05, 4.69) is 11.8 Å². The van der Waals surface area contributed by atoms with Gasteiger partial charge in [-0.25, -0.2) is 4.39 Å². The minimum absolute atomic E-state index is 0.0318. The molecule has 2 aliphatic heterocycles. The molecule has 1 aromatic carbocycles. The summed E-state index contributed by atoms with van der Waals surface area (Å²) < 4.78 is 19.6. The van der Waals surface area contributed by atoms with Gasteiger partial charge in [0.05, 0.1) is 0 Å². The number of ether oxygens (including phenoxy) is 1. The van der Waals surface area contributed by atoms with Gasteiger partial charge in [0.15, 0.2) is 0 Å². The average molecular weight is 277 g/mol. The van der Waals surface area contributed by atoms with E-state index in [0.29, 0.717) is 17.9 Å². The molecule has 2 saturated heterocycles. The van der Waals surface area contributed by atoms with Crippen LogP contribution in [-0.4, -0.2) is 37.2 Å². The Morgan fingerprint density at radius 2 is 1.95 bits per heavy atom. The molecule has 3 heteroatoms. The highest BCUT2D eigenvalue weighted by Crippen LogP contribution is 2.36. The summed E-state index contributed by atoms with van der Waals surface area (Å²) in [6.45, 7) is 8.02. The van der Waals surface area contributed by atoms with E-state index in [0.717, 1.165) is 50.3 Å². The molecule has 0 aliphatic carbocycles. The van der Waals surface area contributed by atoms with Gasteiger partial charge in [-0.15, -0.1) is 0 Å². The number of halogens is 1. The van der Waals surface area contributed by atoms with E-state index in [-0.39, 0.29) is 5.82 Å². The van der Waals surface area contributed by atoms with Crippen molar-refractivity contribution in [2.45, 2.75) is 38.6 Å². The number of likely N-dealkylation sites (tertiary alicyclic amines) is 1. The summed E-state index contributed by atoms with van der Waals surface area (Å²) in [5, 5.41) is 0. The Bertz CT molecular complexity index is 470. The fraction of sp³-hybridized carbons (Fsp3) is 0.647. The second-order valence-corrected chi connectivity index (χ2v) is 6.41. The molecular weight excluding hydrogens is 253 g/mol. The van der Waals surface area contributed by atoms with Crippen molar-refractivity contribution >= 4 is 0 Å². The van der Waals surface area contributed by atoms with Crippen LogP contribution in [0.1, 0.15) is 36.8 Å².